The molecule has 2 fully saturated rings. The quantitative estimate of drug-likeness (QED) is 0.690. The summed E-state index contributed by atoms with van der Waals surface area (Å²) >= 11 is 0. The van der Waals surface area contributed by atoms with E-state index in [1.165, 1.54) is 4.90 Å². The second kappa shape index (κ2) is 4.87. The number of sulfone groups is 1. The minimum absolute atomic E-state index is 0.0245. The maximum absolute atomic E-state index is 12.0. The van der Waals surface area contributed by atoms with Crippen LogP contribution in [0.5, 0.6) is 0 Å². The molecule has 2 rings (SSSR count). The lowest BCUT2D eigenvalue weighted by Gasteiger charge is -2.26. The fraction of sp³-hybridized carbons (Fsp3) is 0.818. The molecule has 18 heavy (non-hydrogen) atoms. The molecule has 1 saturated heterocycles. The van der Waals surface area contributed by atoms with Crippen LogP contribution >= 0.6 is 0 Å². The van der Waals surface area contributed by atoms with Crippen molar-refractivity contribution in [1.82, 2.24) is 10.2 Å². The fourth-order valence-electron chi connectivity index (χ4n) is 2.19. The number of likely N-dealkylation sites (N-methyl/N-ethyl adjacent to an activating group) is 1. The Kier molecular flexibility index (Phi) is 3.61. The molecule has 0 aromatic heterocycles. The van der Waals surface area contributed by atoms with Gasteiger partial charge >= 0.3 is 11.8 Å². The molecule has 0 aromatic rings. The zero-order valence-corrected chi connectivity index (χ0v) is 11.2. The van der Waals surface area contributed by atoms with Gasteiger partial charge < -0.3 is 10.2 Å². The largest absolute Gasteiger partial charge is 0.345 e. The van der Waals surface area contributed by atoms with Crippen molar-refractivity contribution in [3.63, 3.8) is 0 Å². The van der Waals surface area contributed by atoms with Gasteiger partial charge in [0.1, 0.15) is 0 Å². The van der Waals surface area contributed by atoms with Gasteiger partial charge in [-0.05, 0) is 26.2 Å². The summed E-state index contributed by atoms with van der Waals surface area (Å²) in [6, 6.07) is -0.218. The van der Waals surface area contributed by atoms with Crippen LogP contribution in [-0.2, 0) is 19.4 Å². The van der Waals surface area contributed by atoms with Crippen LogP contribution in [0.3, 0.4) is 0 Å². The van der Waals surface area contributed by atoms with Gasteiger partial charge in [0.15, 0.2) is 9.84 Å². The van der Waals surface area contributed by atoms with E-state index in [4.69, 9.17) is 0 Å². The molecule has 0 radical (unpaired) electrons. The molecular formula is C11H18N2O4S. The first kappa shape index (κ1) is 13.3. The lowest BCUT2D eigenvalue weighted by atomic mass is 10.2. The zero-order valence-electron chi connectivity index (χ0n) is 10.4. The van der Waals surface area contributed by atoms with Gasteiger partial charge in [0, 0.05) is 18.6 Å². The Balaban J connectivity index is 1.99. The number of amides is 2. The summed E-state index contributed by atoms with van der Waals surface area (Å²) in [5, 5.41) is 2.63. The highest BCUT2D eigenvalue weighted by molar-refractivity contribution is 7.91. The van der Waals surface area contributed by atoms with E-state index in [9.17, 15) is 18.0 Å². The van der Waals surface area contributed by atoms with Crippen molar-refractivity contribution in [2.24, 2.45) is 0 Å². The summed E-state index contributed by atoms with van der Waals surface area (Å²) in [4.78, 5) is 25.0. The van der Waals surface area contributed by atoms with Gasteiger partial charge in [-0.1, -0.05) is 0 Å². The second-order valence-corrected chi connectivity index (χ2v) is 7.12. The maximum atomic E-state index is 12.0. The lowest BCUT2D eigenvalue weighted by Crippen LogP contribution is -2.48. The first-order valence-corrected chi connectivity index (χ1v) is 8.07. The Morgan fingerprint density at radius 1 is 1.28 bits per heavy atom. The van der Waals surface area contributed by atoms with E-state index in [1.54, 1.807) is 6.92 Å². The maximum Gasteiger partial charge on any atom is 0.312 e. The van der Waals surface area contributed by atoms with Gasteiger partial charge in [-0.15, -0.1) is 0 Å². The number of carbonyl (C=O) groups is 2. The number of nitrogens with zero attached hydrogens (tertiary/aromatic N) is 1. The highest BCUT2D eigenvalue weighted by Gasteiger charge is 2.37. The third-order valence-corrected chi connectivity index (χ3v) is 5.11. The Morgan fingerprint density at radius 3 is 2.39 bits per heavy atom. The molecule has 102 valence electrons. The van der Waals surface area contributed by atoms with Crippen molar-refractivity contribution in [3.8, 4) is 0 Å². The molecule has 0 aromatic carbocycles. The molecule has 6 nitrogen and oxygen atoms in total. The van der Waals surface area contributed by atoms with Crippen LogP contribution in [0.25, 0.3) is 0 Å². The van der Waals surface area contributed by atoms with E-state index < -0.39 is 21.7 Å². The molecule has 7 heteroatoms. The first-order valence-electron chi connectivity index (χ1n) is 6.25. The molecular weight excluding hydrogens is 256 g/mol. The molecule has 1 aliphatic carbocycles. The summed E-state index contributed by atoms with van der Waals surface area (Å²) in [5.41, 5.74) is 0. The zero-order chi connectivity index (χ0) is 13.3. The standard InChI is InChI=1S/C11H18N2O4S/c1-2-13(9-5-6-18(16,17)7-9)11(15)10(14)12-8-3-4-8/h8-9H,2-7H2,1H3,(H,12,14). The normalized spacial score (nSPS) is 25.7. The topological polar surface area (TPSA) is 83.6 Å². The Morgan fingerprint density at radius 2 is 1.94 bits per heavy atom. The van der Waals surface area contributed by atoms with Gasteiger partial charge in [-0.3, -0.25) is 9.59 Å². The van der Waals surface area contributed by atoms with Crippen LogP contribution < -0.4 is 5.32 Å². The number of nitrogens with one attached hydrogen (secondary N) is 1. The molecule has 1 saturated carbocycles. The van der Waals surface area contributed by atoms with Crippen LogP contribution in [0, 0.1) is 0 Å². The average molecular weight is 274 g/mol. The van der Waals surface area contributed by atoms with E-state index >= 15 is 0 Å². The molecule has 2 amide bonds. The van der Waals surface area contributed by atoms with Gasteiger partial charge in [-0.2, -0.15) is 0 Å². The summed E-state index contributed by atoms with van der Waals surface area (Å²) < 4.78 is 22.8. The smallest absolute Gasteiger partial charge is 0.312 e. The first-order chi connectivity index (χ1) is 8.43. The van der Waals surface area contributed by atoms with Gasteiger partial charge in [0.05, 0.1) is 11.5 Å². The van der Waals surface area contributed by atoms with Crippen molar-refractivity contribution in [3.05, 3.63) is 0 Å². The number of hydrogen-bond donors (Lipinski definition) is 1. The lowest BCUT2D eigenvalue weighted by molar-refractivity contribution is -0.147. The summed E-state index contributed by atoms with van der Waals surface area (Å²) in [5.74, 6) is -1.13. The third-order valence-electron chi connectivity index (χ3n) is 3.36. The monoisotopic (exact) mass is 274 g/mol. The molecule has 2 aliphatic rings. The summed E-state index contributed by atoms with van der Waals surface area (Å²) in [6.07, 6.45) is 2.27. The SMILES string of the molecule is CCN(C(=O)C(=O)NC1CC1)C1CCS(=O)(=O)C1. The van der Waals surface area contributed by atoms with E-state index in [-0.39, 0.29) is 23.6 Å². The number of rotatable bonds is 3. The Labute approximate surface area is 107 Å². The minimum atomic E-state index is -3.05. The van der Waals surface area contributed by atoms with Crippen molar-refractivity contribution < 1.29 is 18.0 Å². The van der Waals surface area contributed by atoms with Gasteiger partial charge in [0.2, 0.25) is 0 Å². The summed E-state index contributed by atoms with van der Waals surface area (Å²) in [6.45, 7) is 2.12. The third kappa shape index (κ3) is 3.01. The van der Waals surface area contributed by atoms with Gasteiger partial charge in [0.25, 0.3) is 0 Å². The van der Waals surface area contributed by atoms with Crippen molar-refractivity contribution in [1.29, 1.82) is 0 Å². The van der Waals surface area contributed by atoms with Crippen molar-refractivity contribution in [2.45, 2.75) is 38.3 Å². The van der Waals surface area contributed by atoms with E-state index in [1.807, 2.05) is 0 Å². The van der Waals surface area contributed by atoms with Crippen molar-refractivity contribution in [2.75, 3.05) is 18.1 Å². The van der Waals surface area contributed by atoms with Crippen LogP contribution in [0.1, 0.15) is 26.2 Å². The number of carbonyl (C=O) groups excluding carboxylic acids is 2. The predicted octanol–water partition coefficient (Wildman–Crippen LogP) is -0.699. The average Bonchev–Trinajstić information content (AvgIpc) is 3.03. The van der Waals surface area contributed by atoms with Crippen LogP contribution in [0.4, 0.5) is 0 Å². The van der Waals surface area contributed by atoms with Gasteiger partial charge in [-0.25, -0.2) is 8.42 Å². The van der Waals surface area contributed by atoms with E-state index in [0.717, 1.165) is 12.8 Å². The van der Waals surface area contributed by atoms with E-state index in [2.05, 4.69) is 5.32 Å². The van der Waals surface area contributed by atoms with E-state index in [0.29, 0.717) is 13.0 Å². The van der Waals surface area contributed by atoms with Crippen molar-refractivity contribution >= 4 is 21.7 Å². The Bertz CT molecular complexity index is 456. The second-order valence-electron chi connectivity index (χ2n) is 4.90. The molecule has 1 heterocycles. The molecule has 0 bridgehead atoms. The van der Waals surface area contributed by atoms with Crippen LogP contribution in [0.15, 0.2) is 0 Å². The minimum Gasteiger partial charge on any atom is -0.345 e. The molecule has 0 spiro atoms. The summed E-state index contributed by atoms with van der Waals surface area (Å²) in [7, 11) is -3.05. The highest BCUT2D eigenvalue weighted by atomic mass is 32.2. The molecule has 1 unspecified atom stereocenters. The van der Waals surface area contributed by atoms with Crippen LogP contribution in [-0.4, -0.2) is 55.3 Å². The molecule has 1 atom stereocenters. The predicted molar refractivity (Wildman–Crippen MR) is 65.6 cm³/mol. The molecule has 1 aliphatic heterocycles. The highest BCUT2D eigenvalue weighted by Crippen LogP contribution is 2.20. The fourth-order valence-corrected chi connectivity index (χ4v) is 3.92. The molecule has 1 N–H and O–H groups in total. The Hall–Kier alpha value is -1.11. The number of hydrogen-bond acceptors (Lipinski definition) is 4. The van der Waals surface area contributed by atoms with Crippen LogP contribution in [0.2, 0.25) is 0 Å².